The molecule has 4 nitrogen and oxygen atoms in total. The number of likely N-dealkylation sites (tertiary alicyclic amines) is 1. The molecule has 2 aliphatic rings. The molecule has 2 aromatic rings. The van der Waals surface area contributed by atoms with Crippen LogP contribution in [0.25, 0.3) is 0 Å². The van der Waals surface area contributed by atoms with Crippen molar-refractivity contribution < 1.29 is 9.53 Å². The molecule has 4 heteroatoms. The summed E-state index contributed by atoms with van der Waals surface area (Å²) in [6, 6.07) is 18.6. The summed E-state index contributed by atoms with van der Waals surface area (Å²) in [5.41, 5.74) is 2.98. The van der Waals surface area contributed by atoms with Crippen molar-refractivity contribution in [3.63, 3.8) is 0 Å². The molecule has 2 heterocycles. The predicted octanol–water partition coefficient (Wildman–Crippen LogP) is 3.80. The molecule has 0 radical (unpaired) electrons. The summed E-state index contributed by atoms with van der Waals surface area (Å²) in [4.78, 5) is 15.3. The molecule has 0 aromatic heterocycles. The van der Waals surface area contributed by atoms with Crippen LogP contribution in [0.3, 0.4) is 0 Å². The van der Waals surface area contributed by atoms with E-state index in [2.05, 4.69) is 53.5 Å². The van der Waals surface area contributed by atoms with Gasteiger partial charge in [0.05, 0.1) is 11.6 Å². The van der Waals surface area contributed by atoms with Crippen LogP contribution in [0.1, 0.15) is 47.7 Å². The van der Waals surface area contributed by atoms with E-state index in [1.807, 2.05) is 18.2 Å². The Labute approximate surface area is 167 Å². The van der Waals surface area contributed by atoms with Crippen LogP contribution in [0.4, 0.5) is 0 Å². The third kappa shape index (κ3) is 3.98. The van der Waals surface area contributed by atoms with Gasteiger partial charge < -0.3 is 10.1 Å². The fourth-order valence-corrected chi connectivity index (χ4v) is 4.51. The molecule has 0 saturated carbocycles. The molecule has 0 bridgehead atoms. The monoisotopic (exact) mass is 378 g/mol. The van der Waals surface area contributed by atoms with Gasteiger partial charge in [-0.25, -0.2) is 0 Å². The number of piperidine rings is 1. The minimum absolute atomic E-state index is 0.00817. The van der Waals surface area contributed by atoms with Crippen molar-refractivity contribution in [2.45, 2.75) is 50.8 Å². The number of ether oxygens (including phenoxy) is 1. The van der Waals surface area contributed by atoms with Gasteiger partial charge in [-0.05, 0) is 36.5 Å². The van der Waals surface area contributed by atoms with Crippen molar-refractivity contribution in [3.05, 3.63) is 71.3 Å². The van der Waals surface area contributed by atoms with Crippen LogP contribution in [-0.4, -0.2) is 42.1 Å². The molecule has 1 N–H and O–H groups in total. The van der Waals surface area contributed by atoms with Gasteiger partial charge in [0, 0.05) is 31.8 Å². The summed E-state index contributed by atoms with van der Waals surface area (Å²) < 4.78 is 6.39. The van der Waals surface area contributed by atoms with Crippen LogP contribution in [0.2, 0.25) is 0 Å². The molecule has 0 aliphatic carbocycles. The molecular formula is C24H30N2O2. The summed E-state index contributed by atoms with van der Waals surface area (Å²) in [7, 11) is 0. The summed E-state index contributed by atoms with van der Waals surface area (Å²) in [5.74, 6) is 0.0439. The molecule has 28 heavy (non-hydrogen) atoms. The van der Waals surface area contributed by atoms with Crippen LogP contribution < -0.4 is 5.32 Å². The van der Waals surface area contributed by atoms with Crippen molar-refractivity contribution in [2.75, 3.05) is 19.7 Å². The standard InChI is InChI=1S/C24H30N2O2/c1-2-3-15-28-22-18-26(17-19-9-5-4-6-10-19)14-13-24(22)16-20-11-7-8-12-21(20)23(27)25-24/h4-12,22H,2-3,13-18H2,1H3,(H,25,27). The van der Waals surface area contributed by atoms with Gasteiger partial charge in [0.15, 0.2) is 0 Å². The van der Waals surface area contributed by atoms with Crippen molar-refractivity contribution in [1.29, 1.82) is 0 Å². The molecule has 1 spiro atoms. The first kappa shape index (κ1) is 19.2. The second-order valence-electron chi connectivity index (χ2n) is 8.13. The maximum atomic E-state index is 12.8. The predicted molar refractivity (Wildman–Crippen MR) is 111 cm³/mol. The number of fused-ring (bicyclic) bond motifs is 1. The smallest absolute Gasteiger partial charge is 0.252 e. The quantitative estimate of drug-likeness (QED) is 0.778. The Hall–Kier alpha value is -2.17. The van der Waals surface area contributed by atoms with E-state index < -0.39 is 0 Å². The zero-order chi connectivity index (χ0) is 19.4. The molecule has 2 atom stereocenters. The maximum Gasteiger partial charge on any atom is 0.252 e. The minimum atomic E-state index is -0.299. The van der Waals surface area contributed by atoms with Gasteiger partial charge >= 0.3 is 0 Å². The molecular weight excluding hydrogens is 348 g/mol. The number of carbonyl (C=O) groups excluding carboxylic acids is 1. The summed E-state index contributed by atoms with van der Waals surface area (Å²) in [6.07, 6.45) is 3.94. The molecule has 1 fully saturated rings. The normalized spacial score (nSPS) is 24.8. The van der Waals surface area contributed by atoms with Crippen LogP contribution >= 0.6 is 0 Å². The van der Waals surface area contributed by atoms with Crippen LogP contribution in [0.5, 0.6) is 0 Å². The van der Waals surface area contributed by atoms with E-state index in [1.54, 1.807) is 0 Å². The van der Waals surface area contributed by atoms with Gasteiger partial charge in [-0.3, -0.25) is 9.69 Å². The molecule has 4 rings (SSSR count). The molecule has 1 saturated heterocycles. The Morgan fingerprint density at radius 3 is 2.75 bits per heavy atom. The second-order valence-corrected chi connectivity index (χ2v) is 8.13. The third-order valence-corrected chi connectivity index (χ3v) is 6.11. The van der Waals surface area contributed by atoms with Gasteiger partial charge in [0.2, 0.25) is 0 Å². The molecule has 2 aliphatic heterocycles. The Morgan fingerprint density at radius 1 is 1.14 bits per heavy atom. The van der Waals surface area contributed by atoms with Gasteiger partial charge in [-0.2, -0.15) is 0 Å². The number of amides is 1. The topological polar surface area (TPSA) is 41.6 Å². The SMILES string of the molecule is CCCCOC1CN(Cc2ccccc2)CCC12Cc1ccccc1C(=O)N2. The first-order chi connectivity index (χ1) is 13.7. The number of benzene rings is 2. The number of unbranched alkanes of at least 4 members (excludes halogenated alkanes) is 1. The van der Waals surface area contributed by atoms with E-state index in [4.69, 9.17) is 4.74 Å². The van der Waals surface area contributed by atoms with Crippen LogP contribution in [-0.2, 0) is 17.7 Å². The number of nitrogens with zero attached hydrogens (tertiary/aromatic N) is 1. The zero-order valence-corrected chi connectivity index (χ0v) is 16.7. The summed E-state index contributed by atoms with van der Waals surface area (Å²) in [6.45, 7) is 5.67. The van der Waals surface area contributed by atoms with Gasteiger partial charge in [0.25, 0.3) is 5.91 Å². The fourth-order valence-electron chi connectivity index (χ4n) is 4.51. The van der Waals surface area contributed by atoms with E-state index in [9.17, 15) is 4.79 Å². The number of nitrogens with one attached hydrogen (secondary N) is 1. The Bertz CT molecular complexity index is 807. The lowest BCUT2D eigenvalue weighted by Crippen LogP contribution is -2.67. The van der Waals surface area contributed by atoms with E-state index in [0.717, 1.165) is 63.1 Å². The molecule has 148 valence electrons. The Morgan fingerprint density at radius 2 is 1.93 bits per heavy atom. The van der Waals surface area contributed by atoms with Gasteiger partial charge in [0.1, 0.15) is 0 Å². The number of hydrogen-bond donors (Lipinski definition) is 1. The maximum absolute atomic E-state index is 12.8. The fraction of sp³-hybridized carbons (Fsp3) is 0.458. The van der Waals surface area contributed by atoms with Crippen molar-refractivity contribution in [2.24, 2.45) is 0 Å². The molecule has 1 amide bonds. The van der Waals surface area contributed by atoms with Crippen molar-refractivity contribution >= 4 is 5.91 Å². The van der Waals surface area contributed by atoms with Crippen molar-refractivity contribution in [3.8, 4) is 0 Å². The average molecular weight is 379 g/mol. The Kier molecular flexibility index (Phi) is 5.79. The highest BCUT2D eigenvalue weighted by Crippen LogP contribution is 2.34. The second kappa shape index (κ2) is 8.46. The lowest BCUT2D eigenvalue weighted by molar-refractivity contribution is -0.0655. The first-order valence-electron chi connectivity index (χ1n) is 10.5. The van der Waals surface area contributed by atoms with E-state index in [1.165, 1.54) is 5.56 Å². The average Bonchev–Trinajstić information content (AvgIpc) is 2.71. The zero-order valence-electron chi connectivity index (χ0n) is 16.7. The highest BCUT2D eigenvalue weighted by atomic mass is 16.5. The summed E-state index contributed by atoms with van der Waals surface area (Å²) >= 11 is 0. The first-order valence-corrected chi connectivity index (χ1v) is 10.5. The highest BCUT2D eigenvalue weighted by Gasteiger charge is 2.47. The number of hydrogen-bond acceptors (Lipinski definition) is 3. The van der Waals surface area contributed by atoms with Crippen LogP contribution in [0, 0.1) is 0 Å². The number of carbonyl (C=O) groups is 1. The lowest BCUT2D eigenvalue weighted by atomic mass is 9.75. The van der Waals surface area contributed by atoms with Gasteiger partial charge in [-0.15, -0.1) is 0 Å². The van der Waals surface area contributed by atoms with Gasteiger partial charge in [-0.1, -0.05) is 61.9 Å². The summed E-state index contributed by atoms with van der Waals surface area (Å²) in [5, 5.41) is 3.36. The highest BCUT2D eigenvalue weighted by molar-refractivity contribution is 5.97. The lowest BCUT2D eigenvalue weighted by Gasteiger charge is -2.50. The minimum Gasteiger partial charge on any atom is -0.374 e. The third-order valence-electron chi connectivity index (χ3n) is 6.11. The molecule has 2 aromatic carbocycles. The number of rotatable bonds is 6. The van der Waals surface area contributed by atoms with E-state index in [0.29, 0.717) is 0 Å². The molecule has 2 unspecified atom stereocenters. The van der Waals surface area contributed by atoms with E-state index >= 15 is 0 Å². The van der Waals surface area contributed by atoms with E-state index in [-0.39, 0.29) is 17.6 Å². The van der Waals surface area contributed by atoms with Crippen molar-refractivity contribution in [1.82, 2.24) is 10.2 Å². The largest absolute Gasteiger partial charge is 0.374 e. The van der Waals surface area contributed by atoms with Crippen LogP contribution in [0.15, 0.2) is 54.6 Å². The Balaban J connectivity index is 1.54.